The number of nitrogens with zero attached hydrogens (tertiary/aromatic N) is 4. The van der Waals surface area contributed by atoms with E-state index in [0.29, 0.717) is 11.3 Å². The summed E-state index contributed by atoms with van der Waals surface area (Å²) in [6, 6.07) is 18.7. The highest BCUT2D eigenvalue weighted by molar-refractivity contribution is 5.88. The lowest BCUT2D eigenvalue weighted by atomic mass is 10.1. The number of nitrogens with two attached hydrogens (primary N) is 1. The zero-order valence-electron chi connectivity index (χ0n) is 14.8. The van der Waals surface area contributed by atoms with Crippen LogP contribution >= 0.6 is 0 Å². The van der Waals surface area contributed by atoms with Gasteiger partial charge in [-0.15, -0.1) is 6.42 Å². The number of benzene rings is 2. The van der Waals surface area contributed by atoms with Gasteiger partial charge in [-0.3, -0.25) is 0 Å². The van der Waals surface area contributed by atoms with E-state index < -0.39 is 0 Å². The highest BCUT2D eigenvalue weighted by Crippen LogP contribution is 2.24. The first-order valence-electron chi connectivity index (χ1n) is 8.30. The van der Waals surface area contributed by atoms with Crippen molar-refractivity contribution in [1.29, 1.82) is 5.26 Å². The van der Waals surface area contributed by atoms with Gasteiger partial charge in [-0.05, 0) is 24.3 Å². The molecular formula is C21H16N6O. The summed E-state index contributed by atoms with van der Waals surface area (Å²) in [5, 5.41) is 12.7. The van der Waals surface area contributed by atoms with E-state index >= 15 is 0 Å². The Balaban J connectivity index is 1.96. The fraction of sp³-hybridized carbons (Fsp3) is 0.0476. The molecule has 3 N–H and O–H groups in total. The van der Waals surface area contributed by atoms with Crippen molar-refractivity contribution in [3.8, 4) is 24.2 Å². The minimum Gasteiger partial charge on any atom is -0.480 e. The van der Waals surface area contributed by atoms with Crippen molar-refractivity contribution in [2.75, 3.05) is 17.7 Å². The number of allylic oxidation sites excluding steroid dienone is 1. The van der Waals surface area contributed by atoms with Crippen LogP contribution in [0.3, 0.4) is 0 Å². The first-order chi connectivity index (χ1) is 13.7. The van der Waals surface area contributed by atoms with Gasteiger partial charge in [0.1, 0.15) is 18.4 Å². The third-order valence-electron chi connectivity index (χ3n) is 3.57. The second-order valence-corrected chi connectivity index (χ2v) is 5.53. The number of hydrogen-bond acceptors (Lipinski definition) is 7. The summed E-state index contributed by atoms with van der Waals surface area (Å²) in [7, 11) is 0. The molecule has 1 heterocycles. The van der Waals surface area contributed by atoms with Crippen molar-refractivity contribution in [2.24, 2.45) is 0 Å². The number of hydrogen-bond donors (Lipinski definition) is 2. The van der Waals surface area contributed by atoms with Crippen LogP contribution in [0.1, 0.15) is 11.4 Å². The second-order valence-electron chi connectivity index (χ2n) is 5.53. The standard InChI is InChI=1S/C21H16N6O/c1-2-12-28-18-11-7-6-8-15(18)13-16(14-22)19-25-20(23)27-21(26-19)24-17-9-4-3-5-10-17/h1,3-11,13H,12H2,(H3,23,24,25,26,27)/b16-13+. The van der Waals surface area contributed by atoms with Crippen LogP contribution in [0.4, 0.5) is 17.6 Å². The summed E-state index contributed by atoms with van der Waals surface area (Å²) in [5.41, 5.74) is 7.48. The number of para-hydroxylation sites is 2. The largest absolute Gasteiger partial charge is 0.480 e. The van der Waals surface area contributed by atoms with Crippen molar-refractivity contribution in [3.05, 3.63) is 66.0 Å². The van der Waals surface area contributed by atoms with Gasteiger partial charge in [-0.1, -0.05) is 42.3 Å². The van der Waals surface area contributed by atoms with Gasteiger partial charge in [0.25, 0.3) is 0 Å². The number of ether oxygens (including phenoxy) is 1. The maximum atomic E-state index is 9.63. The first kappa shape index (κ1) is 18.4. The predicted molar refractivity (Wildman–Crippen MR) is 108 cm³/mol. The number of aromatic nitrogens is 3. The van der Waals surface area contributed by atoms with Gasteiger partial charge in [0.05, 0.1) is 5.57 Å². The Kier molecular flexibility index (Phi) is 5.82. The third kappa shape index (κ3) is 4.63. The molecule has 0 fully saturated rings. The Morgan fingerprint density at radius 1 is 1.11 bits per heavy atom. The number of anilines is 3. The molecular weight excluding hydrogens is 352 g/mol. The molecule has 0 bridgehead atoms. The Morgan fingerprint density at radius 3 is 2.61 bits per heavy atom. The lowest BCUT2D eigenvalue weighted by Crippen LogP contribution is -2.06. The summed E-state index contributed by atoms with van der Waals surface area (Å²) in [4.78, 5) is 12.5. The van der Waals surface area contributed by atoms with Crippen LogP contribution < -0.4 is 15.8 Å². The molecule has 3 rings (SSSR count). The summed E-state index contributed by atoms with van der Waals surface area (Å²) >= 11 is 0. The molecule has 0 aliphatic rings. The van der Waals surface area contributed by atoms with Crippen molar-refractivity contribution >= 4 is 29.2 Å². The fourth-order valence-electron chi connectivity index (χ4n) is 2.37. The number of rotatable bonds is 6. The molecule has 7 heteroatoms. The SMILES string of the molecule is C#CCOc1ccccc1/C=C(\C#N)c1nc(N)nc(Nc2ccccc2)n1. The molecule has 0 aliphatic carbocycles. The van der Waals surface area contributed by atoms with Crippen LogP contribution in [0.25, 0.3) is 11.6 Å². The highest BCUT2D eigenvalue weighted by atomic mass is 16.5. The minimum atomic E-state index is 0.00134. The second kappa shape index (κ2) is 8.84. The molecule has 136 valence electrons. The average Bonchev–Trinajstić information content (AvgIpc) is 2.71. The van der Waals surface area contributed by atoms with E-state index in [1.165, 1.54) is 0 Å². The number of nitriles is 1. The van der Waals surface area contributed by atoms with E-state index in [0.717, 1.165) is 5.69 Å². The van der Waals surface area contributed by atoms with E-state index in [2.05, 4.69) is 32.3 Å². The topological polar surface area (TPSA) is 110 Å². The van der Waals surface area contributed by atoms with E-state index in [9.17, 15) is 5.26 Å². The predicted octanol–water partition coefficient (Wildman–Crippen LogP) is 3.27. The zero-order valence-corrected chi connectivity index (χ0v) is 14.8. The van der Waals surface area contributed by atoms with E-state index in [-0.39, 0.29) is 29.9 Å². The molecule has 1 aromatic heterocycles. The van der Waals surface area contributed by atoms with E-state index in [1.54, 1.807) is 18.2 Å². The van der Waals surface area contributed by atoms with Crippen molar-refractivity contribution in [1.82, 2.24) is 15.0 Å². The summed E-state index contributed by atoms with van der Waals surface area (Å²) in [5.74, 6) is 3.37. The molecule has 3 aromatic rings. The van der Waals surface area contributed by atoms with Crippen LogP contribution in [0.15, 0.2) is 54.6 Å². The lowest BCUT2D eigenvalue weighted by molar-refractivity contribution is 0.369. The van der Waals surface area contributed by atoms with Gasteiger partial charge in [-0.25, -0.2) is 0 Å². The zero-order chi connectivity index (χ0) is 19.8. The summed E-state index contributed by atoms with van der Waals surface area (Å²) in [6.07, 6.45) is 6.87. The Morgan fingerprint density at radius 2 is 1.86 bits per heavy atom. The van der Waals surface area contributed by atoms with Gasteiger partial charge in [0.15, 0.2) is 5.82 Å². The van der Waals surface area contributed by atoms with Crippen LogP contribution in [0.5, 0.6) is 5.75 Å². The quantitative estimate of drug-likeness (QED) is 0.507. The molecule has 0 unspecified atom stereocenters. The van der Waals surface area contributed by atoms with Gasteiger partial charge < -0.3 is 15.8 Å². The van der Waals surface area contributed by atoms with Gasteiger partial charge in [0.2, 0.25) is 11.9 Å². The maximum absolute atomic E-state index is 9.63. The molecule has 0 amide bonds. The Bertz CT molecular complexity index is 1080. The van der Waals surface area contributed by atoms with Gasteiger partial charge >= 0.3 is 0 Å². The van der Waals surface area contributed by atoms with Crippen molar-refractivity contribution in [3.63, 3.8) is 0 Å². The molecule has 0 spiro atoms. The molecule has 0 atom stereocenters. The average molecular weight is 368 g/mol. The Hall–Kier alpha value is -4.36. The lowest BCUT2D eigenvalue weighted by Gasteiger charge is -2.08. The van der Waals surface area contributed by atoms with Crippen molar-refractivity contribution in [2.45, 2.75) is 0 Å². The molecule has 0 aliphatic heterocycles. The number of nitrogen functional groups attached to an aromatic ring is 1. The molecule has 28 heavy (non-hydrogen) atoms. The Labute approximate surface area is 162 Å². The van der Waals surface area contributed by atoms with Crippen LogP contribution in [-0.4, -0.2) is 21.6 Å². The monoisotopic (exact) mass is 368 g/mol. The van der Waals surface area contributed by atoms with Gasteiger partial charge in [0, 0.05) is 11.3 Å². The minimum absolute atomic E-state index is 0.00134. The first-order valence-corrected chi connectivity index (χ1v) is 8.30. The number of nitrogens with one attached hydrogen (secondary N) is 1. The summed E-state index contributed by atoms with van der Waals surface area (Å²) in [6.45, 7) is 0.122. The highest BCUT2D eigenvalue weighted by Gasteiger charge is 2.11. The third-order valence-corrected chi connectivity index (χ3v) is 3.57. The van der Waals surface area contributed by atoms with Crippen molar-refractivity contribution < 1.29 is 4.74 Å². The molecule has 7 nitrogen and oxygen atoms in total. The summed E-state index contributed by atoms with van der Waals surface area (Å²) < 4.78 is 5.51. The maximum Gasteiger partial charge on any atom is 0.232 e. The smallest absolute Gasteiger partial charge is 0.232 e. The fourth-order valence-corrected chi connectivity index (χ4v) is 2.37. The van der Waals surface area contributed by atoms with E-state index in [4.69, 9.17) is 16.9 Å². The number of terminal acetylenes is 1. The van der Waals surface area contributed by atoms with Crippen LogP contribution in [-0.2, 0) is 0 Å². The molecule has 2 aromatic carbocycles. The molecule has 0 saturated carbocycles. The normalized spacial score (nSPS) is 10.6. The van der Waals surface area contributed by atoms with Crippen LogP contribution in [0.2, 0.25) is 0 Å². The molecule has 0 saturated heterocycles. The molecule has 0 radical (unpaired) electrons. The van der Waals surface area contributed by atoms with Crippen LogP contribution in [0, 0.1) is 23.7 Å². The van der Waals surface area contributed by atoms with E-state index in [1.807, 2.05) is 42.5 Å². The van der Waals surface area contributed by atoms with Gasteiger partial charge in [-0.2, -0.15) is 20.2 Å².